The van der Waals surface area contributed by atoms with Crippen molar-refractivity contribution in [3.8, 4) is 6.07 Å². The number of halogens is 2. The van der Waals surface area contributed by atoms with Crippen LogP contribution in [0.1, 0.15) is 36.4 Å². The molecule has 0 aliphatic carbocycles. The van der Waals surface area contributed by atoms with Crippen LogP contribution >= 0.6 is 23.2 Å². The van der Waals surface area contributed by atoms with Crippen LogP contribution in [0.4, 0.5) is 0 Å². The number of aryl methyl sites for hydroxylation is 1. The smallest absolute Gasteiger partial charge is 0.285 e. The standard InChI is InChI=1S/C17H15Cl2N5O/c1-3-12-13(6-20)17(25)24(22-15(12)4-2)9-11-8-23-7-10(18)5-14(19)16(23)21-11/h5,7-8H,3-4,9H2,1-2H3. The van der Waals surface area contributed by atoms with Crippen molar-refractivity contribution in [2.45, 2.75) is 33.2 Å². The highest BCUT2D eigenvalue weighted by Crippen LogP contribution is 2.22. The van der Waals surface area contributed by atoms with E-state index in [1.807, 2.05) is 19.9 Å². The molecule has 25 heavy (non-hydrogen) atoms. The van der Waals surface area contributed by atoms with Crippen LogP contribution in [-0.4, -0.2) is 19.2 Å². The van der Waals surface area contributed by atoms with E-state index in [0.717, 1.165) is 11.3 Å². The molecule has 3 aromatic heterocycles. The van der Waals surface area contributed by atoms with Gasteiger partial charge in [0.1, 0.15) is 11.6 Å². The highest BCUT2D eigenvalue weighted by Gasteiger charge is 2.16. The Morgan fingerprint density at radius 3 is 2.64 bits per heavy atom. The molecule has 0 aromatic carbocycles. The lowest BCUT2D eigenvalue weighted by Crippen LogP contribution is -2.29. The number of rotatable bonds is 4. The zero-order chi connectivity index (χ0) is 18.1. The third-order valence-electron chi connectivity index (χ3n) is 3.97. The Bertz CT molecular complexity index is 1060. The second-order valence-electron chi connectivity index (χ2n) is 5.55. The number of aromatic nitrogens is 4. The minimum Gasteiger partial charge on any atom is -0.304 e. The van der Waals surface area contributed by atoms with Gasteiger partial charge in [-0.3, -0.25) is 4.79 Å². The van der Waals surface area contributed by atoms with E-state index in [9.17, 15) is 10.1 Å². The fourth-order valence-corrected chi connectivity index (χ4v) is 3.37. The summed E-state index contributed by atoms with van der Waals surface area (Å²) in [5.41, 5.74) is 2.38. The summed E-state index contributed by atoms with van der Waals surface area (Å²) in [5, 5.41) is 14.7. The number of nitrogens with zero attached hydrogens (tertiary/aromatic N) is 5. The monoisotopic (exact) mass is 375 g/mol. The Morgan fingerprint density at radius 1 is 1.24 bits per heavy atom. The van der Waals surface area contributed by atoms with E-state index in [0.29, 0.717) is 34.2 Å². The molecule has 0 radical (unpaired) electrons. The average molecular weight is 376 g/mol. The fraction of sp³-hybridized carbons (Fsp3) is 0.294. The summed E-state index contributed by atoms with van der Waals surface area (Å²) in [6.07, 6.45) is 4.67. The number of nitriles is 1. The van der Waals surface area contributed by atoms with E-state index in [2.05, 4.69) is 10.1 Å². The summed E-state index contributed by atoms with van der Waals surface area (Å²) in [7, 11) is 0. The van der Waals surface area contributed by atoms with Crippen LogP contribution in [0.15, 0.2) is 23.3 Å². The fourth-order valence-electron chi connectivity index (χ4n) is 2.85. The Balaban J connectivity index is 2.11. The third kappa shape index (κ3) is 3.13. The molecule has 128 valence electrons. The minimum absolute atomic E-state index is 0.152. The molecule has 0 fully saturated rings. The number of hydrogen-bond donors (Lipinski definition) is 0. The number of imidazole rings is 1. The van der Waals surface area contributed by atoms with Gasteiger partial charge < -0.3 is 4.40 Å². The van der Waals surface area contributed by atoms with Gasteiger partial charge >= 0.3 is 0 Å². The Morgan fingerprint density at radius 2 is 2.00 bits per heavy atom. The first kappa shape index (κ1) is 17.5. The molecular formula is C17H15Cl2N5O. The van der Waals surface area contributed by atoms with Gasteiger partial charge in [-0.2, -0.15) is 10.4 Å². The van der Waals surface area contributed by atoms with E-state index < -0.39 is 5.56 Å². The summed E-state index contributed by atoms with van der Waals surface area (Å²) < 4.78 is 2.99. The zero-order valence-corrected chi connectivity index (χ0v) is 15.3. The van der Waals surface area contributed by atoms with Gasteiger partial charge in [0.25, 0.3) is 5.56 Å². The molecule has 0 N–H and O–H groups in total. The molecule has 3 aromatic rings. The molecule has 8 heteroatoms. The van der Waals surface area contributed by atoms with E-state index >= 15 is 0 Å². The minimum atomic E-state index is -0.405. The molecule has 3 heterocycles. The Kier molecular flexibility index (Phi) is 4.80. The topological polar surface area (TPSA) is 76.0 Å². The van der Waals surface area contributed by atoms with Crippen LogP contribution in [0.3, 0.4) is 0 Å². The third-order valence-corrected chi connectivity index (χ3v) is 4.46. The van der Waals surface area contributed by atoms with Crippen molar-refractivity contribution >= 4 is 28.8 Å². The Labute approximate surface area is 154 Å². The predicted molar refractivity (Wildman–Crippen MR) is 96.3 cm³/mol. The van der Waals surface area contributed by atoms with Crippen LogP contribution in [0.2, 0.25) is 10.0 Å². The first-order valence-corrected chi connectivity index (χ1v) is 8.59. The Hall–Kier alpha value is -2.36. The van der Waals surface area contributed by atoms with Crippen molar-refractivity contribution in [2.24, 2.45) is 0 Å². The number of hydrogen-bond acceptors (Lipinski definition) is 4. The summed E-state index contributed by atoms with van der Waals surface area (Å²) in [6, 6.07) is 3.63. The molecule has 0 atom stereocenters. The van der Waals surface area contributed by atoms with Crippen molar-refractivity contribution in [3.05, 3.63) is 61.4 Å². The molecule has 0 unspecified atom stereocenters. The van der Waals surface area contributed by atoms with Crippen molar-refractivity contribution < 1.29 is 0 Å². The van der Waals surface area contributed by atoms with Gasteiger partial charge in [-0.1, -0.05) is 37.0 Å². The zero-order valence-electron chi connectivity index (χ0n) is 13.8. The first-order chi connectivity index (χ1) is 12.0. The van der Waals surface area contributed by atoms with Gasteiger partial charge in [0.2, 0.25) is 0 Å². The molecule has 0 saturated heterocycles. The average Bonchev–Trinajstić information content (AvgIpc) is 2.98. The van der Waals surface area contributed by atoms with Crippen LogP contribution in [-0.2, 0) is 19.4 Å². The number of pyridine rings is 1. The van der Waals surface area contributed by atoms with Crippen molar-refractivity contribution in [3.63, 3.8) is 0 Å². The SMILES string of the molecule is CCc1nn(Cc2cn3cc(Cl)cc(Cl)c3n2)c(=O)c(C#N)c1CC. The summed E-state index contributed by atoms with van der Waals surface area (Å²) in [4.78, 5) is 17.0. The lowest BCUT2D eigenvalue weighted by molar-refractivity contribution is 0.605. The maximum Gasteiger partial charge on any atom is 0.285 e. The lowest BCUT2D eigenvalue weighted by Gasteiger charge is -2.10. The van der Waals surface area contributed by atoms with Crippen molar-refractivity contribution in [1.82, 2.24) is 19.2 Å². The van der Waals surface area contributed by atoms with E-state index in [1.54, 1.807) is 22.9 Å². The highest BCUT2D eigenvalue weighted by molar-refractivity contribution is 6.36. The quantitative estimate of drug-likeness (QED) is 0.701. The predicted octanol–water partition coefficient (Wildman–Crippen LogP) is 3.24. The largest absolute Gasteiger partial charge is 0.304 e. The molecule has 0 spiro atoms. The summed E-state index contributed by atoms with van der Waals surface area (Å²) in [6.45, 7) is 4.01. The number of fused-ring (bicyclic) bond motifs is 1. The molecular weight excluding hydrogens is 361 g/mol. The second kappa shape index (κ2) is 6.87. The van der Waals surface area contributed by atoms with Crippen LogP contribution in [0, 0.1) is 11.3 Å². The lowest BCUT2D eigenvalue weighted by atomic mass is 10.0. The van der Waals surface area contributed by atoms with Gasteiger partial charge in [0.15, 0.2) is 5.65 Å². The maximum absolute atomic E-state index is 12.6. The maximum atomic E-state index is 12.6. The molecule has 6 nitrogen and oxygen atoms in total. The first-order valence-electron chi connectivity index (χ1n) is 7.84. The molecule has 0 bridgehead atoms. The summed E-state index contributed by atoms with van der Waals surface area (Å²) >= 11 is 12.1. The van der Waals surface area contributed by atoms with Crippen LogP contribution in [0.25, 0.3) is 5.65 Å². The molecule has 0 aliphatic heterocycles. The van der Waals surface area contributed by atoms with Gasteiger partial charge in [0.05, 0.1) is 28.0 Å². The van der Waals surface area contributed by atoms with Gasteiger partial charge in [0, 0.05) is 12.4 Å². The molecule has 0 saturated carbocycles. The molecule has 0 amide bonds. The van der Waals surface area contributed by atoms with Gasteiger partial charge in [-0.05, 0) is 24.5 Å². The van der Waals surface area contributed by atoms with Crippen molar-refractivity contribution in [2.75, 3.05) is 0 Å². The van der Waals surface area contributed by atoms with E-state index in [-0.39, 0.29) is 12.1 Å². The molecule has 3 rings (SSSR count). The van der Waals surface area contributed by atoms with Crippen molar-refractivity contribution in [1.29, 1.82) is 5.26 Å². The van der Waals surface area contributed by atoms with Gasteiger partial charge in [-0.25, -0.2) is 9.67 Å². The van der Waals surface area contributed by atoms with Crippen LogP contribution in [0.5, 0.6) is 0 Å². The normalized spacial score (nSPS) is 11.0. The second-order valence-corrected chi connectivity index (χ2v) is 6.39. The molecule has 0 aliphatic rings. The highest BCUT2D eigenvalue weighted by atomic mass is 35.5. The van der Waals surface area contributed by atoms with Gasteiger partial charge in [-0.15, -0.1) is 0 Å². The van der Waals surface area contributed by atoms with Crippen LogP contribution < -0.4 is 5.56 Å². The summed E-state index contributed by atoms with van der Waals surface area (Å²) in [5.74, 6) is 0. The van der Waals surface area contributed by atoms with E-state index in [1.165, 1.54) is 4.68 Å². The van der Waals surface area contributed by atoms with E-state index in [4.69, 9.17) is 23.2 Å².